The van der Waals surface area contributed by atoms with E-state index in [1.54, 1.807) is 26.8 Å². The lowest BCUT2D eigenvalue weighted by molar-refractivity contribution is -0.145. The van der Waals surface area contributed by atoms with Crippen molar-refractivity contribution >= 4 is 24.1 Å². The molecule has 10 nitrogen and oxygen atoms in total. The molecule has 4 unspecified atom stereocenters. The molecule has 1 aromatic carbocycles. The molecule has 226 valence electrons. The van der Waals surface area contributed by atoms with E-state index in [1.807, 2.05) is 41.5 Å². The van der Waals surface area contributed by atoms with Crippen LogP contribution in [0.5, 0.6) is 11.5 Å². The summed E-state index contributed by atoms with van der Waals surface area (Å²) < 4.78 is 21.6. The van der Waals surface area contributed by atoms with Crippen LogP contribution >= 0.6 is 0 Å². The Bertz CT molecular complexity index is 1040. The third-order valence-electron chi connectivity index (χ3n) is 7.29. The number of carbonyl (C=O) groups is 4. The van der Waals surface area contributed by atoms with Crippen LogP contribution < -0.4 is 15.2 Å². The lowest BCUT2D eigenvalue weighted by Gasteiger charge is -2.28. The number of rotatable bonds is 14. The van der Waals surface area contributed by atoms with E-state index in [9.17, 15) is 24.3 Å². The molecule has 0 fully saturated rings. The fourth-order valence-electron chi connectivity index (χ4n) is 3.41. The summed E-state index contributed by atoms with van der Waals surface area (Å²) in [7, 11) is 0. The number of benzene rings is 1. The highest BCUT2D eigenvalue weighted by Crippen LogP contribution is 2.33. The van der Waals surface area contributed by atoms with E-state index in [2.05, 4.69) is 0 Å². The van der Waals surface area contributed by atoms with Gasteiger partial charge in [0.2, 0.25) is 0 Å². The van der Waals surface area contributed by atoms with Crippen molar-refractivity contribution < 1.29 is 43.2 Å². The van der Waals surface area contributed by atoms with Crippen molar-refractivity contribution in [2.24, 2.45) is 35.3 Å². The molecule has 0 aliphatic rings. The maximum atomic E-state index is 12.8. The zero-order chi connectivity index (χ0) is 30.9. The van der Waals surface area contributed by atoms with E-state index in [4.69, 9.17) is 24.7 Å². The van der Waals surface area contributed by atoms with Gasteiger partial charge in [-0.1, -0.05) is 61.5 Å². The van der Waals surface area contributed by atoms with Crippen molar-refractivity contribution in [3.8, 4) is 11.5 Å². The number of esters is 2. The second-order valence-corrected chi connectivity index (χ2v) is 11.8. The van der Waals surface area contributed by atoms with Gasteiger partial charge in [-0.2, -0.15) is 0 Å². The quantitative estimate of drug-likeness (QED) is 0.222. The summed E-state index contributed by atoms with van der Waals surface area (Å²) in [6, 6.07) is 4.46. The Morgan fingerprint density at radius 2 is 1.27 bits per heavy atom. The SMILES string of the molecule is CC(C)C(C)OC(=O)O[C@@H](C)CC(N)(Cc1ccc(OC(=O)C(C)C(C)C)c(OC(=O)C(C)C(C)C)c1)C(=O)O. The first-order valence-electron chi connectivity index (χ1n) is 13.8. The summed E-state index contributed by atoms with van der Waals surface area (Å²) in [5, 5.41) is 9.98. The second-order valence-electron chi connectivity index (χ2n) is 11.8. The van der Waals surface area contributed by atoms with Gasteiger partial charge in [0.25, 0.3) is 0 Å². The molecule has 0 saturated heterocycles. The summed E-state index contributed by atoms with van der Waals surface area (Å²) in [5.74, 6) is -3.01. The molecule has 0 amide bonds. The molecule has 5 atom stereocenters. The van der Waals surface area contributed by atoms with Crippen molar-refractivity contribution in [3.05, 3.63) is 23.8 Å². The molecular formula is C30H47NO9. The van der Waals surface area contributed by atoms with Crippen LogP contribution in [0, 0.1) is 29.6 Å². The Morgan fingerprint density at radius 1 is 0.775 bits per heavy atom. The van der Waals surface area contributed by atoms with Gasteiger partial charge in [0, 0.05) is 12.8 Å². The van der Waals surface area contributed by atoms with Crippen molar-refractivity contribution in [3.63, 3.8) is 0 Å². The third-order valence-corrected chi connectivity index (χ3v) is 7.29. The molecule has 0 bridgehead atoms. The van der Waals surface area contributed by atoms with Gasteiger partial charge in [-0.15, -0.1) is 0 Å². The zero-order valence-corrected chi connectivity index (χ0v) is 25.5. The fraction of sp³-hybridized carbons (Fsp3) is 0.667. The van der Waals surface area contributed by atoms with E-state index in [1.165, 1.54) is 19.1 Å². The topological polar surface area (TPSA) is 151 Å². The predicted octanol–water partition coefficient (Wildman–Crippen LogP) is 5.38. The number of carboxylic acid groups (broad SMARTS) is 1. The van der Waals surface area contributed by atoms with Crippen LogP contribution in [-0.2, 0) is 30.3 Å². The van der Waals surface area contributed by atoms with Gasteiger partial charge in [-0.25, -0.2) is 4.79 Å². The largest absolute Gasteiger partial charge is 0.508 e. The number of nitrogens with two attached hydrogens (primary N) is 1. The van der Waals surface area contributed by atoms with E-state index < -0.39 is 47.5 Å². The van der Waals surface area contributed by atoms with Crippen LogP contribution in [0.4, 0.5) is 4.79 Å². The second kappa shape index (κ2) is 15.0. The fourth-order valence-corrected chi connectivity index (χ4v) is 3.41. The standard InChI is InChI=1S/C30H47NO9/c1-16(2)20(8)26(32)39-24-12-11-23(13-25(24)40-27(33)21(9)17(3)4)15-30(31,28(34)35)14-19(7)37-29(36)38-22(10)18(5)6/h11-13,16-22H,14-15,31H2,1-10H3,(H,34,35)/t19-,20?,21?,22?,30?/m0/s1. The van der Waals surface area contributed by atoms with E-state index in [0.29, 0.717) is 5.56 Å². The van der Waals surface area contributed by atoms with Crippen LogP contribution in [0.25, 0.3) is 0 Å². The first kappa shape index (κ1) is 34.9. The molecule has 0 radical (unpaired) electrons. The van der Waals surface area contributed by atoms with Gasteiger partial charge < -0.3 is 29.8 Å². The summed E-state index contributed by atoms with van der Waals surface area (Å²) in [5.41, 5.74) is 4.89. The Balaban J connectivity index is 3.25. The highest BCUT2D eigenvalue weighted by molar-refractivity contribution is 5.80. The van der Waals surface area contributed by atoms with E-state index in [-0.39, 0.29) is 48.2 Å². The molecule has 10 heteroatoms. The maximum Gasteiger partial charge on any atom is 0.508 e. The van der Waals surface area contributed by atoms with Crippen LogP contribution in [0.15, 0.2) is 18.2 Å². The Hall–Kier alpha value is -3.14. The molecule has 0 spiro atoms. The minimum absolute atomic E-state index is 0.00283. The first-order chi connectivity index (χ1) is 18.4. The minimum Gasteiger partial charge on any atom is -0.480 e. The lowest BCUT2D eigenvalue weighted by Crippen LogP contribution is -2.52. The summed E-state index contributed by atoms with van der Waals surface area (Å²) in [6.07, 6.45) is -2.55. The Morgan fingerprint density at radius 3 is 1.73 bits per heavy atom. The molecule has 3 N–H and O–H groups in total. The number of ether oxygens (including phenoxy) is 4. The maximum absolute atomic E-state index is 12.8. The van der Waals surface area contributed by atoms with Crippen LogP contribution in [0.3, 0.4) is 0 Å². The molecule has 0 aromatic heterocycles. The molecule has 40 heavy (non-hydrogen) atoms. The van der Waals surface area contributed by atoms with Gasteiger partial charge in [0.15, 0.2) is 11.5 Å². The molecule has 0 saturated carbocycles. The van der Waals surface area contributed by atoms with Gasteiger partial charge in [0.1, 0.15) is 17.7 Å². The first-order valence-corrected chi connectivity index (χ1v) is 13.8. The molecular weight excluding hydrogens is 518 g/mol. The number of carbonyl (C=O) groups excluding carboxylic acids is 3. The molecule has 0 aliphatic carbocycles. The van der Waals surface area contributed by atoms with Crippen LogP contribution in [0.1, 0.15) is 81.2 Å². The molecule has 0 aliphatic heterocycles. The van der Waals surface area contributed by atoms with Gasteiger partial charge in [-0.05, 0) is 49.3 Å². The molecule has 0 heterocycles. The normalized spacial score (nSPS) is 16.1. The van der Waals surface area contributed by atoms with Crippen molar-refractivity contribution in [2.75, 3.05) is 0 Å². The zero-order valence-electron chi connectivity index (χ0n) is 25.5. The summed E-state index contributed by atoms with van der Waals surface area (Å²) in [6.45, 7) is 18.1. The highest BCUT2D eigenvalue weighted by Gasteiger charge is 2.38. The smallest absolute Gasteiger partial charge is 0.480 e. The van der Waals surface area contributed by atoms with E-state index >= 15 is 0 Å². The van der Waals surface area contributed by atoms with Gasteiger partial charge in [-0.3, -0.25) is 14.4 Å². The molecule has 1 rings (SSSR count). The average Bonchev–Trinajstić information content (AvgIpc) is 2.83. The number of aliphatic carboxylic acids is 1. The number of carboxylic acids is 1. The highest BCUT2D eigenvalue weighted by atomic mass is 16.7. The number of hydrogen-bond donors (Lipinski definition) is 2. The molecule has 1 aromatic rings. The van der Waals surface area contributed by atoms with Gasteiger partial charge >= 0.3 is 24.1 Å². The lowest BCUT2D eigenvalue weighted by atomic mass is 9.86. The average molecular weight is 566 g/mol. The van der Waals surface area contributed by atoms with Gasteiger partial charge in [0.05, 0.1) is 11.8 Å². The Labute approximate surface area is 237 Å². The minimum atomic E-state index is -1.83. The van der Waals surface area contributed by atoms with Crippen molar-refractivity contribution in [1.29, 1.82) is 0 Å². The number of hydrogen-bond acceptors (Lipinski definition) is 9. The van der Waals surface area contributed by atoms with Crippen LogP contribution in [0.2, 0.25) is 0 Å². The van der Waals surface area contributed by atoms with Crippen molar-refractivity contribution in [1.82, 2.24) is 0 Å². The predicted molar refractivity (Wildman–Crippen MR) is 150 cm³/mol. The monoisotopic (exact) mass is 565 g/mol. The van der Waals surface area contributed by atoms with Crippen molar-refractivity contribution in [2.45, 2.75) is 99.8 Å². The summed E-state index contributed by atoms with van der Waals surface area (Å²) >= 11 is 0. The Kier molecular flexibility index (Phi) is 13.1. The van der Waals surface area contributed by atoms with Crippen LogP contribution in [-0.4, -0.2) is 46.9 Å². The third kappa shape index (κ3) is 10.4. The summed E-state index contributed by atoms with van der Waals surface area (Å²) in [4.78, 5) is 49.8. The van der Waals surface area contributed by atoms with E-state index in [0.717, 1.165) is 0 Å².